The summed E-state index contributed by atoms with van der Waals surface area (Å²) >= 11 is 0. The van der Waals surface area contributed by atoms with Gasteiger partial charge in [-0.2, -0.15) is 0 Å². The van der Waals surface area contributed by atoms with Crippen LogP contribution >= 0.6 is 0 Å². The average Bonchev–Trinajstić information content (AvgIpc) is 2.90. The lowest BCUT2D eigenvalue weighted by molar-refractivity contribution is 0.0986. The van der Waals surface area contributed by atoms with E-state index in [0.717, 1.165) is 0 Å². The first kappa shape index (κ1) is 22.9. The molecular weight excluding hydrogens is 463 g/mol. The lowest BCUT2D eigenvalue weighted by Gasteiger charge is -2.10. The summed E-state index contributed by atoms with van der Waals surface area (Å²) in [6.45, 7) is 0. The predicted molar refractivity (Wildman–Crippen MR) is 130 cm³/mol. The Balaban J connectivity index is 1.34. The first-order valence-electron chi connectivity index (χ1n) is 10.9. The number of aromatic nitrogens is 4. The van der Waals surface area contributed by atoms with E-state index in [1.54, 1.807) is 48.7 Å². The summed E-state index contributed by atoms with van der Waals surface area (Å²) < 4.78 is 25.7. The van der Waals surface area contributed by atoms with Crippen LogP contribution in [0, 0.1) is 5.82 Å². The zero-order chi connectivity index (χ0) is 25.1. The predicted octanol–water partition coefficient (Wildman–Crippen LogP) is 4.54. The SMILES string of the molecule is COc1ccc2nccc(Oc3ccc(CC(=O)c4nccn(-c5ccc(F)cc5)c4=O)cc3)c2n1. The summed E-state index contributed by atoms with van der Waals surface area (Å²) in [6.07, 6.45) is 4.42. The van der Waals surface area contributed by atoms with E-state index in [2.05, 4.69) is 15.0 Å². The molecule has 0 spiro atoms. The van der Waals surface area contributed by atoms with Crippen LogP contribution in [0.2, 0.25) is 0 Å². The van der Waals surface area contributed by atoms with Gasteiger partial charge in [0.05, 0.1) is 12.6 Å². The molecule has 0 bridgehead atoms. The number of halogens is 1. The highest BCUT2D eigenvalue weighted by atomic mass is 19.1. The van der Waals surface area contributed by atoms with Crippen molar-refractivity contribution in [2.45, 2.75) is 6.42 Å². The number of nitrogens with zero attached hydrogens (tertiary/aromatic N) is 4. The van der Waals surface area contributed by atoms with Crippen molar-refractivity contribution in [3.63, 3.8) is 0 Å². The highest BCUT2D eigenvalue weighted by Gasteiger charge is 2.16. The molecule has 0 atom stereocenters. The Morgan fingerprint density at radius 3 is 2.47 bits per heavy atom. The summed E-state index contributed by atoms with van der Waals surface area (Å²) in [5.41, 5.74) is 1.59. The van der Waals surface area contributed by atoms with Gasteiger partial charge in [0.1, 0.15) is 17.1 Å². The van der Waals surface area contributed by atoms with Gasteiger partial charge in [-0.1, -0.05) is 12.1 Å². The number of pyridine rings is 2. The van der Waals surface area contributed by atoms with Crippen LogP contribution in [0.5, 0.6) is 17.4 Å². The van der Waals surface area contributed by atoms with Crippen molar-refractivity contribution in [1.82, 2.24) is 19.5 Å². The van der Waals surface area contributed by atoms with Gasteiger partial charge in [0.25, 0.3) is 5.56 Å². The first-order valence-corrected chi connectivity index (χ1v) is 10.9. The van der Waals surface area contributed by atoms with E-state index in [0.29, 0.717) is 39.7 Å². The molecule has 5 aromatic rings. The van der Waals surface area contributed by atoms with Crippen LogP contribution in [-0.2, 0) is 6.42 Å². The van der Waals surface area contributed by atoms with E-state index in [1.165, 1.54) is 48.3 Å². The maximum atomic E-state index is 13.2. The van der Waals surface area contributed by atoms with Crippen molar-refractivity contribution in [2.75, 3.05) is 7.11 Å². The number of fused-ring (bicyclic) bond motifs is 1. The van der Waals surface area contributed by atoms with E-state index in [4.69, 9.17) is 9.47 Å². The van der Waals surface area contributed by atoms with Crippen molar-refractivity contribution >= 4 is 16.8 Å². The van der Waals surface area contributed by atoms with Crippen LogP contribution in [0.1, 0.15) is 16.1 Å². The third-order valence-electron chi connectivity index (χ3n) is 5.46. The fraction of sp³-hybridized carbons (Fsp3) is 0.0741. The van der Waals surface area contributed by atoms with E-state index >= 15 is 0 Å². The Kier molecular flexibility index (Phi) is 6.19. The number of rotatable bonds is 7. The number of Topliss-reactive ketones (excluding diaryl/α,β-unsaturated/α-hetero) is 1. The minimum absolute atomic E-state index is 0.0209. The van der Waals surface area contributed by atoms with Gasteiger partial charge in [-0.3, -0.25) is 19.1 Å². The zero-order valence-corrected chi connectivity index (χ0v) is 19.1. The Bertz CT molecular complexity index is 1620. The van der Waals surface area contributed by atoms with Gasteiger partial charge in [-0.05, 0) is 48.0 Å². The summed E-state index contributed by atoms with van der Waals surface area (Å²) in [6, 6.07) is 17.6. The molecule has 2 aromatic carbocycles. The number of hydrogen-bond donors (Lipinski definition) is 0. The molecular formula is C27H19FN4O4. The van der Waals surface area contributed by atoms with Crippen LogP contribution in [0.15, 0.2) is 90.1 Å². The number of hydrogen-bond acceptors (Lipinski definition) is 7. The molecule has 0 unspecified atom stereocenters. The minimum Gasteiger partial charge on any atom is -0.481 e. The second-order valence-electron chi connectivity index (χ2n) is 7.80. The summed E-state index contributed by atoms with van der Waals surface area (Å²) in [4.78, 5) is 38.4. The highest BCUT2D eigenvalue weighted by Crippen LogP contribution is 2.29. The van der Waals surface area contributed by atoms with Crippen molar-refractivity contribution in [3.05, 3.63) is 113 Å². The molecule has 36 heavy (non-hydrogen) atoms. The van der Waals surface area contributed by atoms with Gasteiger partial charge in [0, 0.05) is 42.8 Å². The van der Waals surface area contributed by atoms with Gasteiger partial charge in [0.2, 0.25) is 5.88 Å². The molecule has 0 saturated heterocycles. The van der Waals surface area contributed by atoms with E-state index < -0.39 is 17.2 Å². The van der Waals surface area contributed by atoms with Crippen molar-refractivity contribution in [3.8, 4) is 23.1 Å². The third-order valence-corrected chi connectivity index (χ3v) is 5.46. The maximum Gasteiger partial charge on any atom is 0.284 e. The number of carbonyl (C=O) groups is 1. The molecule has 5 rings (SSSR count). The molecule has 8 nitrogen and oxygen atoms in total. The molecule has 3 aromatic heterocycles. The quantitative estimate of drug-likeness (QED) is 0.314. The van der Waals surface area contributed by atoms with Crippen LogP contribution < -0.4 is 15.0 Å². The van der Waals surface area contributed by atoms with Crippen LogP contribution in [0.25, 0.3) is 16.7 Å². The second-order valence-corrected chi connectivity index (χ2v) is 7.80. The highest BCUT2D eigenvalue weighted by molar-refractivity contribution is 5.95. The molecule has 9 heteroatoms. The number of ketones is 1. The van der Waals surface area contributed by atoms with Gasteiger partial charge < -0.3 is 9.47 Å². The monoisotopic (exact) mass is 482 g/mol. The number of benzene rings is 2. The van der Waals surface area contributed by atoms with Crippen molar-refractivity contribution in [1.29, 1.82) is 0 Å². The molecule has 0 aliphatic rings. The zero-order valence-electron chi connectivity index (χ0n) is 19.1. The number of methoxy groups -OCH3 is 1. The Morgan fingerprint density at radius 2 is 1.72 bits per heavy atom. The first-order chi connectivity index (χ1) is 17.5. The average molecular weight is 482 g/mol. The number of carbonyl (C=O) groups excluding carboxylic acids is 1. The van der Waals surface area contributed by atoms with Gasteiger partial charge in [0.15, 0.2) is 17.2 Å². The molecule has 0 fully saturated rings. The van der Waals surface area contributed by atoms with E-state index in [-0.39, 0.29) is 12.1 Å². The maximum absolute atomic E-state index is 13.2. The fourth-order valence-corrected chi connectivity index (χ4v) is 3.66. The molecule has 0 radical (unpaired) electrons. The van der Waals surface area contributed by atoms with Crippen molar-refractivity contribution < 1.29 is 18.7 Å². The lowest BCUT2D eigenvalue weighted by atomic mass is 10.1. The smallest absolute Gasteiger partial charge is 0.284 e. The van der Waals surface area contributed by atoms with E-state index in [1.807, 2.05) is 0 Å². The number of ether oxygens (including phenoxy) is 2. The van der Waals surface area contributed by atoms with Crippen molar-refractivity contribution in [2.24, 2.45) is 0 Å². The Labute approximate surface area is 204 Å². The van der Waals surface area contributed by atoms with Crippen LogP contribution in [0.3, 0.4) is 0 Å². The second kappa shape index (κ2) is 9.75. The topological polar surface area (TPSA) is 96.2 Å². The largest absolute Gasteiger partial charge is 0.481 e. The fourth-order valence-electron chi connectivity index (χ4n) is 3.66. The molecule has 178 valence electrons. The Hall–Kier alpha value is -4.92. The lowest BCUT2D eigenvalue weighted by Crippen LogP contribution is -2.27. The van der Waals surface area contributed by atoms with Gasteiger partial charge >= 0.3 is 0 Å². The molecule has 0 aliphatic heterocycles. The summed E-state index contributed by atoms with van der Waals surface area (Å²) in [5.74, 6) is 0.652. The molecule has 0 amide bonds. The minimum atomic E-state index is -0.568. The van der Waals surface area contributed by atoms with Crippen LogP contribution in [0.4, 0.5) is 4.39 Å². The Morgan fingerprint density at radius 1 is 0.944 bits per heavy atom. The molecule has 0 N–H and O–H groups in total. The molecule has 0 saturated carbocycles. The standard InChI is InChI=1S/C27H19FN4O4/c1-35-24-11-10-21-25(31-24)23(12-13-29-21)36-20-8-2-17(3-9-20)16-22(33)26-27(34)32(15-14-30-26)19-6-4-18(28)5-7-19/h2-15H,16H2,1H3. The normalized spacial score (nSPS) is 10.8. The van der Waals surface area contributed by atoms with Crippen LogP contribution in [-0.4, -0.2) is 32.4 Å². The molecule has 0 aliphatic carbocycles. The summed E-state index contributed by atoms with van der Waals surface area (Å²) in [7, 11) is 1.54. The van der Waals surface area contributed by atoms with E-state index in [9.17, 15) is 14.0 Å². The van der Waals surface area contributed by atoms with Gasteiger partial charge in [-0.25, -0.2) is 14.4 Å². The third kappa shape index (κ3) is 4.67. The van der Waals surface area contributed by atoms with Gasteiger partial charge in [-0.15, -0.1) is 0 Å². The molecule has 3 heterocycles. The summed E-state index contributed by atoms with van der Waals surface area (Å²) in [5, 5.41) is 0.